The number of hydrogen-bond acceptors (Lipinski definition) is 3. The first-order chi connectivity index (χ1) is 12.1. The van der Waals surface area contributed by atoms with Gasteiger partial charge in [-0.15, -0.1) is 0 Å². The largest absolute Gasteiger partial charge is 0.343 e. The summed E-state index contributed by atoms with van der Waals surface area (Å²) in [6, 6.07) is 9.04. The molecule has 2 heterocycles. The van der Waals surface area contributed by atoms with Gasteiger partial charge >= 0.3 is 0 Å². The number of piperidine rings is 1. The Morgan fingerprint density at radius 3 is 2.56 bits per heavy atom. The van der Waals surface area contributed by atoms with Crippen molar-refractivity contribution in [2.75, 3.05) is 13.1 Å². The zero-order chi connectivity index (χ0) is 17.6. The van der Waals surface area contributed by atoms with E-state index in [0.717, 1.165) is 38.2 Å². The highest BCUT2D eigenvalue weighted by Gasteiger charge is 2.22. The van der Waals surface area contributed by atoms with Gasteiger partial charge in [0.25, 0.3) is 0 Å². The van der Waals surface area contributed by atoms with Crippen molar-refractivity contribution in [2.24, 2.45) is 5.92 Å². The number of amides is 1. The van der Waals surface area contributed by atoms with Crippen molar-refractivity contribution in [2.45, 2.75) is 51.9 Å². The van der Waals surface area contributed by atoms with E-state index in [4.69, 9.17) is 0 Å². The van der Waals surface area contributed by atoms with Crippen LogP contribution in [0.25, 0.3) is 0 Å². The number of carbonyl (C=O) groups is 1. The van der Waals surface area contributed by atoms with Gasteiger partial charge in [-0.1, -0.05) is 38.1 Å². The second-order valence-electron chi connectivity index (χ2n) is 7.36. The smallest absolute Gasteiger partial charge is 0.223 e. The lowest BCUT2D eigenvalue weighted by Gasteiger charge is -2.32. The second-order valence-corrected chi connectivity index (χ2v) is 7.36. The lowest BCUT2D eigenvalue weighted by atomic mass is 9.89. The molecule has 0 spiro atoms. The van der Waals surface area contributed by atoms with Crippen LogP contribution in [-0.4, -0.2) is 39.1 Å². The number of rotatable bonds is 6. The van der Waals surface area contributed by atoms with Crippen molar-refractivity contribution in [1.29, 1.82) is 0 Å². The predicted molar refractivity (Wildman–Crippen MR) is 98.2 cm³/mol. The summed E-state index contributed by atoms with van der Waals surface area (Å²) in [7, 11) is 0. The zero-order valence-electron chi connectivity index (χ0n) is 15.2. The molecule has 5 nitrogen and oxygen atoms in total. The molecule has 2 aromatic rings. The van der Waals surface area contributed by atoms with E-state index in [2.05, 4.69) is 53.3 Å². The molecule has 0 saturated carbocycles. The quantitative estimate of drug-likeness (QED) is 0.877. The Morgan fingerprint density at radius 1 is 1.24 bits per heavy atom. The number of hydrogen-bond donors (Lipinski definition) is 1. The first-order valence-electron chi connectivity index (χ1n) is 9.32. The van der Waals surface area contributed by atoms with Crippen LogP contribution >= 0.6 is 0 Å². The van der Waals surface area contributed by atoms with Crippen molar-refractivity contribution in [1.82, 2.24) is 20.1 Å². The van der Waals surface area contributed by atoms with Crippen LogP contribution < -0.4 is 0 Å². The standard InChI is InChI=1S/C20H28N4O/c1-15(2)18-5-3-16(4-6-18)13-17-9-11-24(12-10-17)20(25)8-7-19-21-14-22-23-19/h3-6,14-15,17H,7-13H2,1-2H3,(H,21,22,23). The molecule has 1 saturated heterocycles. The fraction of sp³-hybridized carbons (Fsp3) is 0.550. The Hall–Kier alpha value is -2.17. The zero-order valence-corrected chi connectivity index (χ0v) is 15.2. The molecule has 0 aliphatic carbocycles. The van der Waals surface area contributed by atoms with Gasteiger partial charge in [-0.3, -0.25) is 9.89 Å². The van der Waals surface area contributed by atoms with E-state index in [0.29, 0.717) is 24.7 Å². The molecule has 0 unspecified atom stereocenters. The van der Waals surface area contributed by atoms with E-state index in [-0.39, 0.29) is 5.91 Å². The summed E-state index contributed by atoms with van der Waals surface area (Å²) in [5.74, 6) is 2.28. The molecule has 134 valence electrons. The van der Waals surface area contributed by atoms with Gasteiger partial charge < -0.3 is 4.90 Å². The SMILES string of the molecule is CC(C)c1ccc(CC2CCN(C(=O)CCc3ncn[nH]3)CC2)cc1. The topological polar surface area (TPSA) is 61.9 Å². The van der Waals surface area contributed by atoms with Crippen LogP contribution in [0.4, 0.5) is 0 Å². The minimum atomic E-state index is 0.233. The molecule has 1 aromatic carbocycles. The molecule has 1 aromatic heterocycles. The number of nitrogens with one attached hydrogen (secondary N) is 1. The third-order valence-corrected chi connectivity index (χ3v) is 5.18. The van der Waals surface area contributed by atoms with E-state index in [1.807, 2.05) is 4.90 Å². The van der Waals surface area contributed by atoms with Crippen molar-refractivity contribution < 1.29 is 4.79 Å². The van der Waals surface area contributed by atoms with Gasteiger partial charge in [0.15, 0.2) is 0 Å². The lowest BCUT2D eigenvalue weighted by molar-refractivity contribution is -0.132. The molecule has 0 atom stereocenters. The molecule has 1 aliphatic rings. The highest BCUT2D eigenvalue weighted by molar-refractivity contribution is 5.76. The maximum atomic E-state index is 12.3. The van der Waals surface area contributed by atoms with Crippen LogP contribution in [0.15, 0.2) is 30.6 Å². The minimum Gasteiger partial charge on any atom is -0.343 e. The predicted octanol–water partition coefficient (Wildman–Crippen LogP) is 3.34. The van der Waals surface area contributed by atoms with Gasteiger partial charge in [-0.2, -0.15) is 5.10 Å². The number of aryl methyl sites for hydroxylation is 1. The third kappa shape index (κ3) is 4.91. The Morgan fingerprint density at radius 2 is 1.96 bits per heavy atom. The maximum absolute atomic E-state index is 12.3. The maximum Gasteiger partial charge on any atom is 0.223 e. The van der Waals surface area contributed by atoms with Crippen LogP contribution in [0.3, 0.4) is 0 Å². The number of H-pyrrole nitrogens is 1. The Balaban J connectivity index is 1.42. The number of aromatic nitrogens is 3. The van der Waals surface area contributed by atoms with Gasteiger partial charge in [0.2, 0.25) is 5.91 Å². The van der Waals surface area contributed by atoms with Gasteiger partial charge in [0.1, 0.15) is 12.2 Å². The molecular formula is C20H28N4O. The summed E-state index contributed by atoms with van der Waals surface area (Å²) in [4.78, 5) is 18.4. The third-order valence-electron chi connectivity index (χ3n) is 5.18. The molecule has 0 bridgehead atoms. The molecule has 1 fully saturated rings. The summed E-state index contributed by atoms with van der Waals surface area (Å²) in [6.07, 6.45) is 5.95. The van der Waals surface area contributed by atoms with Crippen LogP contribution in [0.2, 0.25) is 0 Å². The summed E-state index contributed by atoms with van der Waals surface area (Å²) in [5.41, 5.74) is 2.82. The number of nitrogens with zero attached hydrogens (tertiary/aromatic N) is 3. The monoisotopic (exact) mass is 340 g/mol. The van der Waals surface area contributed by atoms with Crippen LogP contribution in [0.5, 0.6) is 0 Å². The number of benzene rings is 1. The van der Waals surface area contributed by atoms with Crippen molar-refractivity contribution in [3.05, 3.63) is 47.5 Å². The van der Waals surface area contributed by atoms with Gasteiger partial charge in [-0.25, -0.2) is 4.98 Å². The van der Waals surface area contributed by atoms with E-state index in [9.17, 15) is 4.79 Å². The van der Waals surface area contributed by atoms with E-state index >= 15 is 0 Å². The average Bonchev–Trinajstić information content (AvgIpc) is 3.14. The molecule has 1 amide bonds. The normalized spacial score (nSPS) is 15.7. The fourth-order valence-electron chi connectivity index (χ4n) is 3.49. The molecule has 25 heavy (non-hydrogen) atoms. The average molecular weight is 340 g/mol. The summed E-state index contributed by atoms with van der Waals surface area (Å²) in [5, 5.41) is 6.63. The van der Waals surface area contributed by atoms with E-state index in [1.165, 1.54) is 17.5 Å². The molecule has 1 N–H and O–H groups in total. The van der Waals surface area contributed by atoms with Gasteiger partial charge in [0.05, 0.1) is 0 Å². The lowest BCUT2D eigenvalue weighted by Crippen LogP contribution is -2.39. The number of carbonyl (C=O) groups excluding carboxylic acids is 1. The molecular weight excluding hydrogens is 312 g/mol. The number of aromatic amines is 1. The van der Waals surface area contributed by atoms with E-state index in [1.54, 1.807) is 0 Å². The minimum absolute atomic E-state index is 0.233. The highest BCUT2D eigenvalue weighted by atomic mass is 16.2. The Kier molecular flexibility index (Phi) is 5.84. The highest BCUT2D eigenvalue weighted by Crippen LogP contribution is 2.23. The molecule has 5 heteroatoms. The number of likely N-dealkylation sites (tertiary alicyclic amines) is 1. The van der Waals surface area contributed by atoms with Gasteiger partial charge in [0, 0.05) is 25.9 Å². The first kappa shape index (κ1) is 17.6. The van der Waals surface area contributed by atoms with Crippen molar-refractivity contribution in [3.8, 4) is 0 Å². The van der Waals surface area contributed by atoms with Crippen LogP contribution in [-0.2, 0) is 17.6 Å². The summed E-state index contributed by atoms with van der Waals surface area (Å²) < 4.78 is 0. The first-order valence-corrected chi connectivity index (χ1v) is 9.32. The Bertz CT molecular complexity index is 656. The van der Waals surface area contributed by atoms with Crippen molar-refractivity contribution >= 4 is 5.91 Å². The van der Waals surface area contributed by atoms with Gasteiger partial charge in [-0.05, 0) is 42.2 Å². The van der Waals surface area contributed by atoms with Crippen molar-refractivity contribution in [3.63, 3.8) is 0 Å². The van der Waals surface area contributed by atoms with E-state index < -0.39 is 0 Å². The summed E-state index contributed by atoms with van der Waals surface area (Å²) in [6.45, 7) is 6.21. The fourth-order valence-corrected chi connectivity index (χ4v) is 3.49. The molecule has 0 radical (unpaired) electrons. The van der Waals surface area contributed by atoms with Crippen LogP contribution in [0, 0.1) is 5.92 Å². The molecule has 1 aliphatic heterocycles. The van der Waals surface area contributed by atoms with Crippen LogP contribution in [0.1, 0.15) is 56.0 Å². The Labute approximate surface area is 149 Å². The molecule has 3 rings (SSSR count). The summed E-state index contributed by atoms with van der Waals surface area (Å²) >= 11 is 0. The second kappa shape index (κ2) is 8.28.